The Morgan fingerprint density at radius 2 is 2.04 bits per heavy atom. The van der Waals surface area contributed by atoms with E-state index in [2.05, 4.69) is 39.1 Å². The van der Waals surface area contributed by atoms with Gasteiger partial charge in [0, 0.05) is 24.7 Å². The summed E-state index contributed by atoms with van der Waals surface area (Å²) < 4.78 is 29.5. The van der Waals surface area contributed by atoms with Gasteiger partial charge in [-0.25, -0.2) is 4.79 Å². The first-order valence-electron chi connectivity index (χ1n) is 8.14. The zero-order valence-electron chi connectivity index (χ0n) is 14.3. The molecule has 0 bridgehead atoms. The second-order valence-electron chi connectivity index (χ2n) is 5.30. The number of fused-ring (bicyclic) bond motifs is 1. The topological polar surface area (TPSA) is 66.5 Å². The zero-order chi connectivity index (χ0) is 18.2. The number of hydrogen-bond donors (Lipinski definition) is 2. The third-order valence-electron chi connectivity index (χ3n) is 3.80. The molecule has 2 amide bonds. The lowest BCUT2D eigenvalue weighted by atomic mass is 10.1. The number of anilines is 1. The van der Waals surface area contributed by atoms with Gasteiger partial charge in [-0.15, -0.1) is 0 Å². The Kier molecular flexibility index (Phi) is 6.88. The number of likely N-dealkylation sites (N-methyl/N-ethyl adjacent to an activating group) is 1. The van der Waals surface area contributed by atoms with Crippen LogP contribution in [-0.2, 0) is 0 Å². The van der Waals surface area contributed by atoms with Gasteiger partial charge in [-0.3, -0.25) is 4.98 Å². The van der Waals surface area contributed by atoms with E-state index in [0.29, 0.717) is 17.6 Å². The second-order valence-corrected chi connectivity index (χ2v) is 5.30. The monoisotopic (exact) mass is 352 g/mol. The molecule has 0 saturated heterocycles. The number of alkyl halides is 2. The SMILES string of the molecule is CCN(CC)CCNC(=O)Nc1ccc(OC(F)F)c2ncccc12. The molecule has 2 aromatic rings. The number of benzene rings is 1. The summed E-state index contributed by atoms with van der Waals surface area (Å²) in [5.41, 5.74) is 0.744. The van der Waals surface area contributed by atoms with Gasteiger partial charge in [0.05, 0.1) is 5.69 Å². The minimum atomic E-state index is -2.94. The summed E-state index contributed by atoms with van der Waals surface area (Å²) in [5, 5.41) is 6.03. The van der Waals surface area contributed by atoms with Crippen LogP contribution in [0.25, 0.3) is 10.9 Å². The van der Waals surface area contributed by atoms with Crippen LogP contribution in [0.5, 0.6) is 5.75 Å². The number of pyridine rings is 1. The van der Waals surface area contributed by atoms with Crippen molar-refractivity contribution in [1.29, 1.82) is 0 Å². The van der Waals surface area contributed by atoms with Gasteiger partial charge in [-0.1, -0.05) is 13.8 Å². The largest absolute Gasteiger partial charge is 0.432 e. The predicted octanol–water partition coefficient (Wildman–Crippen LogP) is 3.30. The molecule has 0 aliphatic carbocycles. The predicted molar refractivity (Wildman–Crippen MR) is 93.2 cm³/mol. The van der Waals surface area contributed by atoms with E-state index in [0.717, 1.165) is 19.6 Å². The van der Waals surface area contributed by atoms with Crippen molar-refractivity contribution >= 4 is 22.6 Å². The van der Waals surface area contributed by atoms with Crippen molar-refractivity contribution in [3.63, 3.8) is 0 Å². The number of halogens is 2. The molecule has 0 fully saturated rings. The fraction of sp³-hybridized carbons (Fsp3) is 0.412. The van der Waals surface area contributed by atoms with Crippen molar-refractivity contribution in [2.24, 2.45) is 0 Å². The molecule has 6 nitrogen and oxygen atoms in total. The third-order valence-corrected chi connectivity index (χ3v) is 3.80. The molecule has 136 valence electrons. The molecule has 0 radical (unpaired) electrons. The zero-order valence-corrected chi connectivity index (χ0v) is 14.3. The molecule has 1 aromatic carbocycles. The van der Waals surface area contributed by atoms with E-state index in [1.807, 2.05) is 0 Å². The number of rotatable bonds is 8. The normalized spacial score (nSPS) is 11.1. The van der Waals surface area contributed by atoms with Crippen molar-refractivity contribution in [3.8, 4) is 5.75 Å². The van der Waals surface area contributed by atoms with E-state index in [1.54, 1.807) is 12.1 Å². The number of carbonyl (C=O) groups excluding carboxylic acids is 1. The van der Waals surface area contributed by atoms with Crippen LogP contribution in [-0.4, -0.2) is 48.7 Å². The molecule has 0 atom stereocenters. The highest BCUT2D eigenvalue weighted by Gasteiger charge is 2.13. The van der Waals surface area contributed by atoms with Crippen LogP contribution in [0.3, 0.4) is 0 Å². The molecule has 1 aromatic heterocycles. The summed E-state index contributed by atoms with van der Waals surface area (Å²) in [6.07, 6.45) is 1.48. The Morgan fingerprint density at radius 3 is 2.72 bits per heavy atom. The average Bonchev–Trinajstić information content (AvgIpc) is 2.60. The van der Waals surface area contributed by atoms with Gasteiger partial charge in [0.15, 0.2) is 5.75 Å². The minimum Gasteiger partial charge on any atom is -0.432 e. The summed E-state index contributed by atoms with van der Waals surface area (Å²) in [6, 6.07) is 5.88. The number of aromatic nitrogens is 1. The molecule has 0 spiro atoms. The Hall–Kier alpha value is -2.48. The van der Waals surface area contributed by atoms with Crippen LogP contribution in [0.2, 0.25) is 0 Å². The number of ether oxygens (including phenoxy) is 1. The number of urea groups is 1. The summed E-state index contributed by atoms with van der Waals surface area (Å²) in [6.45, 7) is 4.29. The summed E-state index contributed by atoms with van der Waals surface area (Å²) in [4.78, 5) is 18.3. The lowest BCUT2D eigenvalue weighted by Gasteiger charge is -2.18. The van der Waals surface area contributed by atoms with Crippen LogP contribution < -0.4 is 15.4 Å². The highest BCUT2D eigenvalue weighted by Crippen LogP contribution is 2.30. The van der Waals surface area contributed by atoms with Crippen molar-refractivity contribution in [2.75, 3.05) is 31.5 Å². The van der Waals surface area contributed by atoms with Crippen molar-refractivity contribution < 1.29 is 18.3 Å². The molecular formula is C17H22F2N4O2. The first-order valence-corrected chi connectivity index (χ1v) is 8.14. The molecule has 25 heavy (non-hydrogen) atoms. The summed E-state index contributed by atoms with van der Waals surface area (Å²) >= 11 is 0. The fourth-order valence-corrected chi connectivity index (χ4v) is 2.48. The molecule has 0 saturated carbocycles. The van der Waals surface area contributed by atoms with Gasteiger partial charge in [0.2, 0.25) is 0 Å². The van der Waals surface area contributed by atoms with Crippen LogP contribution in [0.15, 0.2) is 30.5 Å². The van der Waals surface area contributed by atoms with Gasteiger partial charge in [-0.2, -0.15) is 8.78 Å². The first-order chi connectivity index (χ1) is 12.0. The number of amides is 2. The maximum Gasteiger partial charge on any atom is 0.387 e. The van der Waals surface area contributed by atoms with E-state index < -0.39 is 6.61 Å². The fourth-order valence-electron chi connectivity index (χ4n) is 2.48. The number of carbonyl (C=O) groups is 1. The van der Waals surface area contributed by atoms with E-state index in [9.17, 15) is 13.6 Å². The van der Waals surface area contributed by atoms with E-state index >= 15 is 0 Å². The molecule has 1 heterocycles. The van der Waals surface area contributed by atoms with Gasteiger partial charge in [0.25, 0.3) is 0 Å². The quantitative estimate of drug-likeness (QED) is 0.765. The Bertz CT molecular complexity index is 708. The van der Waals surface area contributed by atoms with Gasteiger partial charge < -0.3 is 20.3 Å². The lowest BCUT2D eigenvalue weighted by molar-refractivity contribution is -0.0489. The maximum absolute atomic E-state index is 12.5. The Labute approximate surface area is 145 Å². The molecule has 0 aliphatic heterocycles. The highest BCUT2D eigenvalue weighted by molar-refractivity contribution is 6.02. The smallest absolute Gasteiger partial charge is 0.387 e. The number of nitrogens with one attached hydrogen (secondary N) is 2. The van der Waals surface area contributed by atoms with Crippen molar-refractivity contribution in [2.45, 2.75) is 20.5 Å². The van der Waals surface area contributed by atoms with Crippen molar-refractivity contribution in [1.82, 2.24) is 15.2 Å². The average molecular weight is 352 g/mol. The lowest BCUT2D eigenvalue weighted by Crippen LogP contribution is -2.36. The van der Waals surface area contributed by atoms with Crippen LogP contribution in [0.1, 0.15) is 13.8 Å². The van der Waals surface area contributed by atoms with Gasteiger partial charge >= 0.3 is 12.6 Å². The Balaban J connectivity index is 2.07. The van der Waals surface area contributed by atoms with E-state index in [1.165, 1.54) is 18.3 Å². The molecule has 2 N–H and O–H groups in total. The maximum atomic E-state index is 12.5. The van der Waals surface area contributed by atoms with E-state index in [4.69, 9.17) is 0 Å². The molecule has 0 aliphatic rings. The highest BCUT2D eigenvalue weighted by atomic mass is 19.3. The van der Waals surface area contributed by atoms with Crippen LogP contribution in [0, 0.1) is 0 Å². The molecule has 0 unspecified atom stereocenters. The molecule has 2 rings (SSSR count). The van der Waals surface area contributed by atoms with Crippen LogP contribution in [0.4, 0.5) is 19.3 Å². The standard InChI is InChI=1S/C17H22F2N4O2/c1-3-23(4-2)11-10-21-17(24)22-13-7-8-14(25-16(18)19)15-12(13)6-5-9-20-15/h5-9,16H,3-4,10-11H2,1-2H3,(H2,21,22,24). The van der Waals surface area contributed by atoms with Gasteiger partial charge in [0.1, 0.15) is 5.52 Å². The van der Waals surface area contributed by atoms with Gasteiger partial charge in [-0.05, 0) is 37.4 Å². The van der Waals surface area contributed by atoms with Crippen LogP contribution >= 0.6 is 0 Å². The molecule has 8 heteroatoms. The number of hydrogen-bond acceptors (Lipinski definition) is 4. The first kappa shape index (κ1) is 18.9. The second kappa shape index (κ2) is 9.12. The summed E-state index contributed by atoms with van der Waals surface area (Å²) in [7, 11) is 0. The Morgan fingerprint density at radius 1 is 1.28 bits per heavy atom. The molecular weight excluding hydrogens is 330 g/mol. The summed E-state index contributed by atoms with van der Waals surface area (Å²) in [5.74, 6) is -0.0295. The number of nitrogens with zero attached hydrogens (tertiary/aromatic N) is 2. The minimum absolute atomic E-state index is 0.0295. The van der Waals surface area contributed by atoms with E-state index in [-0.39, 0.29) is 17.3 Å². The van der Waals surface area contributed by atoms with Crippen molar-refractivity contribution in [3.05, 3.63) is 30.5 Å². The third kappa shape index (κ3) is 5.25.